The number of aryl methyl sites for hydroxylation is 3. The Balaban J connectivity index is 1.81. The van der Waals surface area contributed by atoms with E-state index in [2.05, 4.69) is 10.4 Å². The quantitative estimate of drug-likeness (QED) is 0.564. The van der Waals surface area contributed by atoms with Crippen molar-refractivity contribution in [1.29, 1.82) is 0 Å². The van der Waals surface area contributed by atoms with Gasteiger partial charge in [0.25, 0.3) is 5.91 Å². The van der Waals surface area contributed by atoms with Crippen LogP contribution in [-0.2, 0) is 19.3 Å². The molecule has 154 valence electrons. The van der Waals surface area contributed by atoms with Crippen LogP contribution in [0.3, 0.4) is 0 Å². The fraction of sp³-hybridized carbons (Fsp3) is 0.333. The summed E-state index contributed by atoms with van der Waals surface area (Å²) in [4.78, 5) is 15.0. The maximum absolute atomic E-state index is 12.9. The predicted octanol–water partition coefficient (Wildman–Crippen LogP) is 5.59. The lowest BCUT2D eigenvalue weighted by molar-refractivity contribution is -0.137. The zero-order chi connectivity index (χ0) is 21.2. The normalized spacial score (nSPS) is 11.7. The molecule has 1 N–H and O–H groups in total. The Labute approximate surface area is 171 Å². The zero-order valence-electron chi connectivity index (χ0n) is 16.4. The lowest BCUT2D eigenvalue weighted by atomic mass is 10.1. The summed E-state index contributed by atoms with van der Waals surface area (Å²) in [6, 6.07) is 8.74. The molecule has 0 aliphatic carbocycles. The van der Waals surface area contributed by atoms with E-state index in [9.17, 15) is 18.0 Å². The van der Waals surface area contributed by atoms with Gasteiger partial charge in [0.2, 0.25) is 0 Å². The Morgan fingerprint density at radius 2 is 1.97 bits per heavy atom. The van der Waals surface area contributed by atoms with E-state index >= 15 is 0 Å². The van der Waals surface area contributed by atoms with Crippen molar-refractivity contribution in [2.24, 2.45) is 0 Å². The highest BCUT2D eigenvalue weighted by atomic mass is 32.1. The summed E-state index contributed by atoms with van der Waals surface area (Å²) in [5, 5.41) is 7.29. The van der Waals surface area contributed by atoms with Crippen molar-refractivity contribution >= 4 is 17.2 Å². The number of carbonyl (C=O) groups is 1. The van der Waals surface area contributed by atoms with Crippen LogP contribution in [0.4, 0.5) is 13.2 Å². The first-order chi connectivity index (χ1) is 13.7. The molecule has 0 aliphatic heterocycles. The van der Waals surface area contributed by atoms with Crippen molar-refractivity contribution in [3.63, 3.8) is 0 Å². The molecule has 0 spiro atoms. The van der Waals surface area contributed by atoms with Gasteiger partial charge in [-0.3, -0.25) is 9.48 Å². The Hall–Kier alpha value is -2.61. The van der Waals surface area contributed by atoms with E-state index in [-0.39, 0.29) is 12.5 Å². The molecule has 0 aliphatic rings. The maximum atomic E-state index is 12.9. The number of hydrogen-bond acceptors (Lipinski definition) is 3. The third kappa shape index (κ3) is 4.87. The molecule has 0 unspecified atom stereocenters. The lowest BCUT2D eigenvalue weighted by Gasteiger charge is -2.10. The average Bonchev–Trinajstić information content (AvgIpc) is 3.22. The second kappa shape index (κ2) is 8.41. The van der Waals surface area contributed by atoms with E-state index < -0.39 is 11.7 Å². The molecule has 29 heavy (non-hydrogen) atoms. The molecule has 0 saturated carbocycles. The van der Waals surface area contributed by atoms with Gasteiger partial charge in [0.15, 0.2) is 0 Å². The van der Waals surface area contributed by atoms with Gasteiger partial charge in [-0.1, -0.05) is 19.1 Å². The van der Waals surface area contributed by atoms with Crippen molar-refractivity contribution in [2.45, 2.75) is 46.5 Å². The van der Waals surface area contributed by atoms with Crippen LogP contribution in [0.1, 0.15) is 44.7 Å². The Morgan fingerprint density at radius 3 is 2.59 bits per heavy atom. The van der Waals surface area contributed by atoms with Gasteiger partial charge in [-0.25, -0.2) is 0 Å². The Morgan fingerprint density at radius 1 is 1.21 bits per heavy atom. The summed E-state index contributed by atoms with van der Waals surface area (Å²) in [7, 11) is 0. The number of alkyl halides is 3. The molecule has 2 heterocycles. The van der Waals surface area contributed by atoms with Crippen LogP contribution in [0.15, 0.2) is 36.4 Å². The van der Waals surface area contributed by atoms with Crippen LogP contribution >= 0.6 is 11.3 Å². The van der Waals surface area contributed by atoms with Crippen LogP contribution in [-0.4, -0.2) is 15.7 Å². The summed E-state index contributed by atoms with van der Waals surface area (Å²) < 4.78 is 40.3. The van der Waals surface area contributed by atoms with Gasteiger partial charge in [-0.05, 0) is 50.1 Å². The highest BCUT2D eigenvalue weighted by molar-refractivity contribution is 7.12. The van der Waals surface area contributed by atoms with Crippen LogP contribution in [0.5, 0.6) is 0 Å². The molecule has 0 radical (unpaired) electrons. The third-order valence-electron chi connectivity index (χ3n) is 4.47. The number of nitrogens with one attached hydrogen (secondary N) is 1. The standard InChI is InChI=1S/C21H22F3N3OS/c1-4-8-27-19(11-18(26-27)17-9-13(2)29-14(17)3)20(28)25-12-15-6-5-7-16(10-15)21(22,23)24/h5-7,9-11H,4,8,12H2,1-3H3,(H,25,28). The smallest absolute Gasteiger partial charge is 0.347 e. The molecule has 0 fully saturated rings. The van der Waals surface area contributed by atoms with Crippen molar-refractivity contribution in [3.05, 3.63) is 63.0 Å². The van der Waals surface area contributed by atoms with E-state index in [1.165, 1.54) is 6.07 Å². The van der Waals surface area contributed by atoms with Crippen molar-refractivity contribution in [3.8, 4) is 11.3 Å². The summed E-state index contributed by atoms with van der Waals surface area (Å²) in [6.45, 7) is 6.61. The van der Waals surface area contributed by atoms with Gasteiger partial charge in [0.1, 0.15) is 5.69 Å². The number of rotatable bonds is 6. The first-order valence-electron chi connectivity index (χ1n) is 9.28. The topological polar surface area (TPSA) is 46.9 Å². The fourth-order valence-corrected chi connectivity index (χ4v) is 4.06. The summed E-state index contributed by atoms with van der Waals surface area (Å²) in [5.41, 5.74) is 1.78. The first kappa shape index (κ1) is 21.1. The van der Waals surface area contributed by atoms with Gasteiger partial charge in [0.05, 0.1) is 11.3 Å². The predicted molar refractivity (Wildman–Crippen MR) is 108 cm³/mol. The number of aromatic nitrogens is 2. The van der Waals surface area contributed by atoms with Crippen molar-refractivity contribution in [1.82, 2.24) is 15.1 Å². The number of benzene rings is 1. The van der Waals surface area contributed by atoms with E-state index in [1.807, 2.05) is 26.8 Å². The molecule has 3 aromatic rings. The molecular formula is C21H22F3N3OS. The molecule has 3 rings (SSSR count). The van der Waals surface area contributed by atoms with Gasteiger partial charge >= 0.3 is 6.18 Å². The number of hydrogen-bond donors (Lipinski definition) is 1. The SMILES string of the molecule is CCCn1nc(-c2cc(C)sc2C)cc1C(=O)NCc1cccc(C(F)(F)F)c1. The second-order valence-electron chi connectivity index (χ2n) is 6.85. The van der Waals surface area contributed by atoms with E-state index in [4.69, 9.17) is 0 Å². The van der Waals surface area contributed by atoms with Gasteiger partial charge < -0.3 is 5.32 Å². The van der Waals surface area contributed by atoms with Crippen LogP contribution < -0.4 is 5.32 Å². The molecule has 1 aromatic carbocycles. The zero-order valence-corrected chi connectivity index (χ0v) is 17.2. The number of thiophene rings is 1. The highest BCUT2D eigenvalue weighted by Gasteiger charge is 2.30. The summed E-state index contributed by atoms with van der Waals surface area (Å²) in [6.07, 6.45) is -3.61. The van der Waals surface area contributed by atoms with Crippen LogP contribution in [0.25, 0.3) is 11.3 Å². The molecule has 2 aromatic heterocycles. The number of halogens is 3. The fourth-order valence-electron chi connectivity index (χ4n) is 3.13. The number of carbonyl (C=O) groups excluding carboxylic acids is 1. The van der Waals surface area contributed by atoms with Crippen molar-refractivity contribution in [2.75, 3.05) is 0 Å². The monoisotopic (exact) mass is 421 g/mol. The van der Waals surface area contributed by atoms with Crippen LogP contribution in [0.2, 0.25) is 0 Å². The van der Waals surface area contributed by atoms with E-state index in [0.29, 0.717) is 17.8 Å². The Kier molecular flexibility index (Phi) is 6.12. The molecule has 1 amide bonds. The lowest BCUT2D eigenvalue weighted by Crippen LogP contribution is -2.26. The minimum Gasteiger partial charge on any atom is -0.347 e. The number of nitrogens with zero attached hydrogens (tertiary/aromatic N) is 2. The van der Waals surface area contributed by atoms with Gasteiger partial charge in [-0.15, -0.1) is 11.3 Å². The molecule has 0 atom stereocenters. The van der Waals surface area contributed by atoms with E-state index in [0.717, 1.165) is 39.6 Å². The summed E-state index contributed by atoms with van der Waals surface area (Å²) >= 11 is 1.67. The second-order valence-corrected chi connectivity index (χ2v) is 8.31. The average molecular weight is 421 g/mol. The molecule has 8 heteroatoms. The summed E-state index contributed by atoms with van der Waals surface area (Å²) in [5.74, 6) is -0.362. The first-order valence-corrected chi connectivity index (χ1v) is 10.1. The number of amides is 1. The molecule has 4 nitrogen and oxygen atoms in total. The highest BCUT2D eigenvalue weighted by Crippen LogP contribution is 2.31. The molecular weight excluding hydrogens is 399 g/mol. The van der Waals surface area contributed by atoms with Gasteiger partial charge in [-0.2, -0.15) is 18.3 Å². The molecule has 0 bridgehead atoms. The van der Waals surface area contributed by atoms with Gasteiger partial charge in [0, 0.05) is 28.4 Å². The minimum atomic E-state index is -4.41. The minimum absolute atomic E-state index is 0.00593. The van der Waals surface area contributed by atoms with Crippen LogP contribution in [0, 0.1) is 13.8 Å². The largest absolute Gasteiger partial charge is 0.416 e. The third-order valence-corrected chi connectivity index (χ3v) is 5.44. The molecule has 0 saturated heterocycles. The van der Waals surface area contributed by atoms with Crippen molar-refractivity contribution < 1.29 is 18.0 Å². The maximum Gasteiger partial charge on any atom is 0.416 e. The van der Waals surface area contributed by atoms with E-state index in [1.54, 1.807) is 28.2 Å². The Bertz CT molecular complexity index is 1020.